The first-order valence-corrected chi connectivity index (χ1v) is 11.7. The van der Waals surface area contributed by atoms with E-state index in [4.69, 9.17) is 10.1 Å². The van der Waals surface area contributed by atoms with Crippen LogP contribution in [-0.2, 0) is 6.05 Å². The number of carbonyl (C=O) groups is 1. The number of amides is 1. The number of fused-ring (bicyclic) bond motifs is 1. The van der Waals surface area contributed by atoms with Gasteiger partial charge in [0.05, 0.1) is 16.8 Å². The van der Waals surface area contributed by atoms with Crippen LogP contribution < -0.4 is 10.1 Å². The number of hydrogen-bond donors (Lipinski definition) is 2. The van der Waals surface area contributed by atoms with Gasteiger partial charge in [0.25, 0.3) is 5.91 Å². The van der Waals surface area contributed by atoms with Crippen molar-refractivity contribution in [2.45, 2.75) is 25.4 Å². The molecule has 0 spiro atoms. The molecule has 1 fully saturated rings. The van der Waals surface area contributed by atoms with Gasteiger partial charge in [-0.15, -0.1) is 0 Å². The van der Waals surface area contributed by atoms with Crippen LogP contribution in [0.4, 0.5) is 14.5 Å². The maximum absolute atomic E-state index is 15.3. The number of halogens is 2. The highest BCUT2D eigenvalue weighted by molar-refractivity contribution is 6.01. The molecule has 0 bridgehead atoms. The fourth-order valence-electron chi connectivity index (χ4n) is 4.66. The van der Waals surface area contributed by atoms with Gasteiger partial charge in [0.15, 0.2) is 0 Å². The maximum Gasteiger partial charge on any atom is 0.356 e. The molecule has 2 aliphatic rings. The Bertz CT molecular complexity index is 1360. The van der Waals surface area contributed by atoms with Gasteiger partial charge in [-0.3, -0.25) is 14.7 Å². The van der Waals surface area contributed by atoms with Crippen molar-refractivity contribution in [2.75, 3.05) is 32.5 Å². The number of hydrogen-bond acceptors (Lipinski definition) is 6. The minimum Gasteiger partial charge on any atom is -0.457 e. The second-order valence-corrected chi connectivity index (χ2v) is 9.20. The monoisotopic (exact) mass is 491 g/mol. The molecule has 7 nitrogen and oxygen atoms in total. The maximum atomic E-state index is 15.3. The van der Waals surface area contributed by atoms with Crippen molar-refractivity contribution in [1.82, 2.24) is 14.8 Å². The Labute approximate surface area is 208 Å². The van der Waals surface area contributed by atoms with E-state index in [1.807, 2.05) is 11.9 Å². The summed E-state index contributed by atoms with van der Waals surface area (Å²) >= 11 is 0. The molecule has 1 saturated heterocycles. The quantitative estimate of drug-likeness (QED) is 0.352. The molecule has 1 atom stereocenters. The van der Waals surface area contributed by atoms with Gasteiger partial charge >= 0.3 is 6.05 Å². The molecule has 36 heavy (non-hydrogen) atoms. The van der Waals surface area contributed by atoms with Crippen molar-refractivity contribution in [3.05, 3.63) is 71.4 Å². The van der Waals surface area contributed by atoms with Gasteiger partial charge in [0.2, 0.25) is 0 Å². The van der Waals surface area contributed by atoms with Crippen LogP contribution in [0.5, 0.6) is 11.5 Å². The minimum atomic E-state index is -3.38. The number of nitrogens with zero attached hydrogens (tertiary/aromatic N) is 3. The van der Waals surface area contributed by atoms with Crippen LogP contribution in [-0.4, -0.2) is 59.6 Å². The highest BCUT2D eigenvalue weighted by atomic mass is 19.3. The summed E-state index contributed by atoms with van der Waals surface area (Å²) in [5.41, 5.74) is 2.62. The summed E-state index contributed by atoms with van der Waals surface area (Å²) in [4.78, 5) is 19.8. The van der Waals surface area contributed by atoms with E-state index in [0.29, 0.717) is 33.4 Å². The molecule has 9 heteroatoms. The van der Waals surface area contributed by atoms with E-state index < -0.39 is 12.0 Å². The molecule has 2 N–H and O–H groups in total. The number of anilines is 1. The molecule has 1 aromatic heterocycles. The Morgan fingerprint density at radius 2 is 1.97 bits per heavy atom. The van der Waals surface area contributed by atoms with Crippen LogP contribution in [0.2, 0.25) is 0 Å². The Balaban J connectivity index is 1.41. The number of carbonyl (C=O) groups excluding carboxylic acids is 1. The summed E-state index contributed by atoms with van der Waals surface area (Å²) < 4.78 is 36.7. The Hall–Kier alpha value is -3.85. The Kier molecular flexibility index (Phi) is 5.96. The van der Waals surface area contributed by atoms with Crippen LogP contribution >= 0.6 is 0 Å². The van der Waals surface area contributed by atoms with E-state index in [9.17, 15) is 4.79 Å². The summed E-state index contributed by atoms with van der Waals surface area (Å²) in [7, 11) is 3.65. The first kappa shape index (κ1) is 23.9. The molecule has 0 radical (unpaired) electrons. The molecule has 3 aromatic rings. The lowest BCUT2D eigenvalue weighted by Gasteiger charge is -2.41. The van der Waals surface area contributed by atoms with Gasteiger partial charge in [-0.1, -0.05) is 6.07 Å². The average molecular weight is 492 g/mol. The van der Waals surface area contributed by atoms with E-state index in [1.54, 1.807) is 56.6 Å². The number of likely N-dealkylation sites (N-methyl/N-ethyl adjacent to an activating group) is 1. The number of aromatic nitrogens is 1. The summed E-state index contributed by atoms with van der Waals surface area (Å²) in [6.45, 7) is 2.56. The molecule has 0 aliphatic carbocycles. The number of alkyl halides is 2. The number of benzene rings is 2. The second kappa shape index (κ2) is 8.98. The second-order valence-electron chi connectivity index (χ2n) is 9.20. The van der Waals surface area contributed by atoms with Gasteiger partial charge in [0, 0.05) is 60.5 Å². The van der Waals surface area contributed by atoms with Crippen molar-refractivity contribution in [3.8, 4) is 22.8 Å². The number of pyridine rings is 1. The molecule has 0 unspecified atom stereocenters. The molecular weight excluding hydrogens is 464 g/mol. The topological polar surface area (TPSA) is 81.6 Å². The zero-order valence-electron chi connectivity index (χ0n) is 20.3. The smallest absolute Gasteiger partial charge is 0.356 e. The highest BCUT2D eigenvalue weighted by Crippen LogP contribution is 2.44. The van der Waals surface area contributed by atoms with Gasteiger partial charge in [-0.05, 0) is 57.3 Å². The average Bonchev–Trinajstić information content (AvgIpc) is 3.05. The van der Waals surface area contributed by atoms with E-state index in [1.165, 1.54) is 12.1 Å². The highest BCUT2D eigenvalue weighted by Gasteiger charge is 2.52. The SMILES string of the molecule is CNc1cc(Oc2ccnc(-c3ccc4c(c3)C(F)(F)N(C[C@@H]3CCN3C)C4=O)c2)ccc1C(C)=N. The molecule has 2 aliphatic heterocycles. The largest absolute Gasteiger partial charge is 0.457 e. The summed E-state index contributed by atoms with van der Waals surface area (Å²) in [5, 5.41) is 10.9. The molecule has 1 amide bonds. The Morgan fingerprint density at radius 1 is 1.19 bits per heavy atom. The van der Waals surface area contributed by atoms with E-state index >= 15 is 8.78 Å². The van der Waals surface area contributed by atoms with Crippen LogP contribution in [0, 0.1) is 5.41 Å². The number of ether oxygens (including phenoxy) is 1. The van der Waals surface area contributed by atoms with Crippen molar-refractivity contribution in [3.63, 3.8) is 0 Å². The molecule has 5 rings (SSSR count). The van der Waals surface area contributed by atoms with E-state index in [-0.39, 0.29) is 23.7 Å². The number of rotatable bonds is 7. The number of nitrogens with one attached hydrogen (secondary N) is 2. The van der Waals surface area contributed by atoms with Gasteiger partial charge < -0.3 is 20.4 Å². The standard InChI is InChI=1S/C27H27F2N5O2/c1-16(30)21-7-5-19(14-25(21)31-2)36-20-8-10-32-24(13-20)17-4-6-22-23(12-17)27(28,29)34(26(22)35)15-18-9-11-33(18)3/h4-8,10,12-14,18,30-31H,9,11,15H2,1-3H3/t18-/m0/s1. The predicted octanol–water partition coefficient (Wildman–Crippen LogP) is 5.18. The molecule has 0 saturated carbocycles. The third-order valence-electron chi connectivity index (χ3n) is 6.92. The molecule has 2 aromatic carbocycles. The van der Waals surface area contributed by atoms with Crippen LogP contribution in [0.25, 0.3) is 11.3 Å². The lowest BCUT2D eigenvalue weighted by Crippen LogP contribution is -2.53. The normalized spacial score (nSPS) is 18.5. The van der Waals surface area contributed by atoms with E-state index in [0.717, 1.165) is 24.2 Å². The van der Waals surface area contributed by atoms with Gasteiger partial charge in [-0.2, -0.15) is 8.78 Å². The van der Waals surface area contributed by atoms with Crippen molar-refractivity contribution >= 4 is 17.3 Å². The lowest BCUT2D eigenvalue weighted by molar-refractivity contribution is -0.132. The summed E-state index contributed by atoms with van der Waals surface area (Å²) in [6.07, 6.45) is 2.35. The van der Waals surface area contributed by atoms with Crippen LogP contribution in [0.1, 0.15) is 34.8 Å². The Morgan fingerprint density at radius 3 is 2.64 bits per heavy atom. The molecule has 186 valence electrons. The zero-order valence-corrected chi connectivity index (χ0v) is 20.3. The summed E-state index contributed by atoms with van der Waals surface area (Å²) in [6, 6.07) is 9.73. The van der Waals surface area contributed by atoms with Crippen molar-refractivity contribution in [2.24, 2.45) is 0 Å². The van der Waals surface area contributed by atoms with Crippen LogP contribution in [0.3, 0.4) is 0 Å². The number of likely N-dealkylation sites (tertiary alicyclic amines) is 1. The molecule has 3 heterocycles. The molecular formula is C27H27F2N5O2. The lowest BCUT2D eigenvalue weighted by atomic mass is 10.0. The van der Waals surface area contributed by atoms with Crippen molar-refractivity contribution < 1.29 is 18.3 Å². The predicted molar refractivity (Wildman–Crippen MR) is 134 cm³/mol. The minimum absolute atomic E-state index is 0.00117. The first-order chi connectivity index (χ1) is 17.2. The van der Waals surface area contributed by atoms with E-state index in [2.05, 4.69) is 10.3 Å². The fourth-order valence-corrected chi connectivity index (χ4v) is 4.66. The zero-order chi connectivity index (χ0) is 25.6. The third kappa shape index (κ3) is 4.09. The summed E-state index contributed by atoms with van der Waals surface area (Å²) in [5.74, 6) is 0.402. The van der Waals surface area contributed by atoms with Crippen molar-refractivity contribution in [1.29, 1.82) is 5.41 Å². The van der Waals surface area contributed by atoms with Gasteiger partial charge in [0.1, 0.15) is 11.5 Å². The fraction of sp³-hybridized carbons (Fsp3) is 0.296. The third-order valence-corrected chi connectivity index (χ3v) is 6.92. The van der Waals surface area contributed by atoms with Crippen LogP contribution in [0.15, 0.2) is 54.7 Å². The van der Waals surface area contributed by atoms with Gasteiger partial charge in [-0.25, -0.2) is 0 Å². The first-order valence-electron chi connectivity index (χ1n) is 11.7.